The molecule has 29 heavy (non-hydrogen) atoms. The van der Waals surface area contributed by atoms with Gasteiger partial charge in [0.25, 0.3) is 0 Å². The van der Waals surface area contributed by atoms with Crippen LogP contribution in [-0.4, -0.2) is 22.5 Å². The van der Waals surface area contributed by atoms with Crippen LogP contribution in [-0.2, 0) is 4.74 Å². The van der Waals surface area contributed by atoms with Crippen molar-refractivity contribution in [2.75, 3.05) is 11.9 Å². The third kappa shape index (κ3) is 4.24. The van der Waals surface area contributed by atoms with Crippen molar-refractivity contribution in [3.05, 3.63) is 84.4 Å². The highest BCUT2D eigenvalue weighted by Gasteiger charge is 2.11. The molecule has 0 spiro atoms. The van der Waals surface area contributed by atoms with Gasteiger partial charge in [0.2, 0.25) is 0 Å². The summed E-state index contributed by atoms with van der Waals surface area (Å²) in [4.78, 5) is 21.4. The molecular weight excluding hydrogens is 362 g/mol. The zero-order valence-electron chi connectivity index (χ0n) is 16.1. The Hall–Kier alpha value is -3.73. The van der Waals surface area contributed by atoms with E-state index in [1.54, 1.807) is 12.1 Å². The summed E-state index contributed by atoms with van der Waals surface area (Å²) in [6, 6.07) is 25.0. The molecule has 0 atom stereocenters. The molecule has 0 saturated heterocycles. The number of nitrogens with one attached hydrogen (secondary N) is 1. The van der Waals surface area contributed by atoms with E-state index in [9.17, 15) is 4.79 Å². The first-order valence-electron chi connectivity index (χ1n) is 9.61. The Labute approximate surface area is 169 Å². The lowest BCUT2D eigenvalue weighted by molar-refractivity contribution is 0.0505. The molecule has 4 aromatic rings. The highest BCUT2D eigenvalue weighted by molar-refractivity contribution is 5.93. The highest BCUT2D eigenvalue weighted by atomic mass is 16.5. The van der Waals surface area contributed by atoms with Crippen LogP contribution in [0.25, 0.3) is 22.3 Å². The predicted molar refractivity (Wildman–Crippen MR) is 115 cm³/mol. The van der Waals surface area contributed by atoms with Crippen LogP contribution < -0.4 is 5.32 Å². The summed E-state index contributed by atoms with van der Waals surface area (Å²) in [5.74, 6) is 1.07. The fraction of sp³-hybridized carbons (Fsp3) is 0.125. The summed E-state index contributed by atoms with van der Waals surface area (Å²) >= 11 is 0. The fourth-order valence-electron chi connectivity index (χ4n) is 2.99. The molecule has 5 nitrogen and oxygen atoms in total. The van der Waals surface area contributed by atoms with Gasteiger partial charge in [-0.1, -0.05) is 49.4 Å². The average molecular weight is 383 g/mol. The maximum atomic E-state index is 12.0. The Balaban J connectivity index is 1.66. The second-order valence-corrected chi connectivity index (χ2v) is 6.62. The number of benzene rings is 3. The topological polar surface area (TPSA) is 64.1 Å². The molecule has 0 aliphatic heterocycles. The van der Waals surface area contributed by atoms with Crippen molar-refractivity contribution in [3.63, 3.8) is 0 Å². The number of esters is 1. The number of nitrogens with zero attached hydrogens (tertiary/aromatic N) is 2. The van der Waals surface area contributed by atoms with Gasteiger partial charge in [-0.05, 0) is 42.8 Å². The van der Waals surface area contributed by atoms with Crippen molar-refractivity contribution in [2.45, 2.75) is 13.3 Å². The summed E-state index contributed by atoms with van der Waals surface area (Å²) in [7, 11) is 0. The summed E-state index contributed by atoms with van der Waals surface area (Å²) < 4.78 is 5.18. The number of hydrogen-bond acceptors (Lipinski definition) is 5. The normalized spacial score (nSPS) is 10.7. The first-order valence-corrected chi connectivity index (χ1v) is 9.61. The summed E-state index contributed by atoms with van der Waals surface area (Å²) in [5, 5.41) is 4.29. The Kier molecular flexibility index (Phi) is 5.47. The quantitative estimate of drug-likeness (QED) is 0.439. The minimum Gasteiger partial charge on any atom is -0.462 e. The van der Waals surface area contributed by atoms with Crippen molar-refractivity contribution in [1.29, 1.82) is 0 Å². The number of hydrogen-bond donors (Lipinski definition) is 1. The van der Waals surface area contributed by atoms with Gasteiger partial charge in [0.15, 0.2) is 5.82 Å². The molecule has 1 aromatic heterocycles. The van der Waals surface area contributed by atoms with Gasteiger partial charge in [0, 0.05) is 16.6 Å². The van der Waals surface area contributed by atoms with E-state index in [1.807, 2.05) is 73.7 Å². The molecule has 1 heterocycles. The SMILES string of the molecule is CCCOC(=O)c1ccc(Nc2nc(-c3ccccc3)nc3ccccc23)cc1. The lowest BCUT2D eigenvalue weighted by Crippen LogP contribution is -2.06. The Morgan fingerprint density at radius 1 is 0.897 bits per heavy atom. The van der Waals surface area contributed by atoms with Gasteiger partial charge in [-0.2, -0.15) is 0 Å². The van der Waals surface area contributed by atoms with E-state index in [0.29, 0.717) is 18.0 Å². The number of carbonyl (C=O) groups excluding carboxylic acids is 1. The second kappa shape index (κ2) is 8.52. The third-order valence-electron chi connectivity index (χ3n) is 4.46. The van der Waals surface area contributed by atoms with Crippen LogP contribution in [0.4, 0.5) is 11.5 Å². The second-order valence-electron chi connectivity index (χ2n) is 6.62. The Bertz CT molecular complexity index is 1130. The lowest BCUT2D eigenvalue weighted by atomic mass is 10.1. The predicted octanol–water partition coefficient (Wildman–Crippen LogP) is 5.61. The third-order valence-corrected chi connectivity index (χ3v) is 4.46. The molecule has 0 unspecified atom stereocenters. The van der Waals surface area contributed by atoms with Gasteiger partial charge >= 0.3 is 5.97 Å². The van der Waals surface area contributed by atoms with Crippen LogP contribution in [0.1, 0.15) is 23.7 Å². The zero-order valence-corrected chi connectivity index (χ0v) is 16.1. The molecule has 0 saturated carbocycles. The molecule has 0 aliphatic rings. The van der Waals surface area contributed by atoms with E-state index < -0.39 is 0 Å². The van der Waals surface area contributed by atoms with E-state index in [2.05, 4.69) is 5.32 Å². The maximum absolute atomic E-state index is 12.0. The molecule has 144 valence electrons. The molecule has 0 radical (unpaired) electrons. The van der Waals surface area contributed by atoms with Crippen LogP contribution in [0.2, 0.25) is 0 Å². The van der Waals surface area contributed by atoms with Gasteiger partial charge in [-0.3, -0.25) is 0 Å². The molecule has 0 bridgehead atoms. The largest absolute Gasteiger partial charge is 0.462 e. The van der Waals surface area contributed by atoms with Gasteiger partial charge in [-0.25, -0.2) is 14.8 Å². The molecule has 0 amide bonds. The van der Waals surface area contributed by atoms with E-state index in [0.717, 1.165) is 34.4 Å². The molecule has 4 rings (SSSR count). The first-order chi connectivity index (χ1) is 14.2. The number of ether oxygens (including phenoxy) is 1. The number of rotatable bonds is 6. The number of fused-ring (bicyclic) bond motifs is 1. The van der Waals surface area contributed by atoms with Crippen LogP contribution in [0.3, 0.4) is 0 Å². The molecule has 1 N–H and O–H groups in total. The summed E-state index contributed by atoms with van der Waals surface area (Å²) in [6.45, 7) is 2.39. The molecule has 3 aromatic carbocycles. The van der Waals surface area contributed by atoms with Crippen LogP contribution in [0, 0.1) is 0 Å². The van der Waals surface area contributed by atoms with Crippen molar-refractivity contribution in [2.24, 2.45) is 0 Å². The highest BCUT2D eigenvalue weighted by Crippen LogP contribution is 2.27. The van der Waals surface area contributed by atoms with Crippen molar-refractivity contribution < 1.29 is 9.53 Å². The van der Waals surface area contributed by atoms with Crippen LogP contribution in [0.15, 0.2) is 78.9 Å². The fourth-order valence-corrected chi connectivity index (χ4v) is 2.99. The van der Waals surface area contributed by atoms with E-state index in [-0.39, 0.29) is 5.97 Å². The van der Waals surface area contributed by atoms with Gasteiger partial charge in [0.1, 0.15) is 5.82 Å². The number of anilines is 2. The molecule has 5 heteroatoms. The molecule has 0 fully saturated rings. The zero-order chi connectivity index (χ0) is 20.1. The standard InChI is InChI=1S/C24H21N3O2/c1-2-16-29-24(28)18-12-14-19(15-13-18)25-23-20-10-6-7-11-21(20)26-22(27-23)17-8-4-3-5-9-17/h3-15H,2,16H2,1H3,(H,25,26,27). The maximum Gasteiger partial charge on any atom is 0.338 e. The van der Waals surface area contributed by atoms with Crippen LogP contribution in [0.5, 0.6) is 0 Å². The first kappa shape index (κ1) is 18.6. The molecule has 0 aliphatic carbocycles. The minimum absolute atomic E-state index is 0.308. The Morgan fingerprint density at radius 3 is 2.38 bits per heavy atom. The van der Waals surface area contributed by atoms with Gasteiger partial charge in [0.05, 0.1) is 17.7 Å². The smallest absolute Gasteiger partial charge is 0.338 e. The van der Waals surface area contributed by atoms with Crippen molar-refractivity contribution in [3.8, 4) is 11.4 Å². The van der Waals surface area contributed by atoms with E-state index in [1.165, 1.54) is 0 Å². The summed E-state index contributed by atoms with van der Waals surface area (Å²) in [6.07, 6.45) is 0.802. The van der Waals surface area contributed by atoms with Gasteiger partial charge < -0.3 is 10.1 Å². The van der Waals surface area contributed by atoms with Crippen LogP contribution >= 0.6 is 0 Å². The lowest BCUT2D eigenvalue weighted by Gasteiger charge is -2.11. The summed E-state index contributed by atoms with van der Waals surface area (Å²) in [5.41, 5.74) is 3.18. The van der Waals surface area contributed by atoms with E-state index >= 15 is 0 Å². The average Bonchev–Trinajstić information content (AvgIpc) is 2.78. The van der Waals surface area contributed by atoms with Gasteiger partial charge in [-0.15, -0.1) is 0 Å². The van der Waals surface area contributed by atoms with Crippen molar-refractivity contribution in [1.82, 2.24) is 9.97 Å². The monoisotopic (exact) mass is 383 g/mol. The van der Waals surface area contributed by atoms with Crippen molar-refractivity contribution >= 4 is 28.4 Å². The number of carbonyl (C=O) groups is 1. The minimum atomic E-state index is -0.308. The number of aromatic nitrogens is 2. The number of para-hydroxylation sites is 1. The molecular formula is C24H21N3O2. The Morgan fingerprint density at radius 2 is 1.62 bits per heavy atom. The van der Waals surface area contributed by atoms with E-state index in [4.69, 9.17) is 14.7 Å².